The lowest BCUT2D eigenvalue weighted by atomic mass is 10.3. The van der Waals surface area contributed by atoms with Gasteiger partial charge in [-0.3, -0.25) is 9.59 Å². The van der Waals surface area contributed by atoms with E-state index in [-0.39, 0.29) is 11.7 Å². The summed E-state index contributed by atoms with van der Waals surface area (Å²) in [5.41, 5.74) is 1.90. The number of H-pyrrole nitrogens is 1. The van der Waals surface area contributed by atoms with Gasteiger partial charge in [0.25, 0.3) is 0 Å². The molecule has 6 nitrogen and oxygen atoms in total. The average molecular weight is 328 g/mol. The maximum Gasteiger partial charge on any atom is 0.221 e. The minimum absolute atomic E-state index is 0.0947. The molecule has 0 aliphatic carbocycles. The van der Waals surface area contributed by atoms with Gasteiger partial charge in [0.1, 0.15) is 11.6 Å². The highest BCUT2D eigenvalue weighted by molar-refractivity contribution is 5.76. The molecule has 2 aromatic heterocycles. The van der Waals surface area contributed by atoms with Crippen LogP contribution in [0, 0.1) is 5.82 Å². The zero-order valence-electron chi connectivity index (χ0n) is 13.0. The third-order valence-corrected chi connectivity index (χ3v) is 3.74. The molecule has 7 heteroatoms. The van der Waals surface area contributed by atoms with Crippen LogP contribution in [0.25, 0.3) is 11.0 Å². The summed E-state index contributed by atoms with van der Waals surface area (Å²) in [5.74, 6) is 0.290. The fraction of sp³-hybridized carbons (Fsp3) is 0.235. The van der Waals surface area contributed by atoms with Crippen molar-refractivity contribution in [2.75, 3.05) is 6.54 Å². The molecule has 0 aliphatic heterocycles. The number of carbonyl (C=O) groups is 2. The van der Waals surface area contributed by atoms with Crippen LogP contribution in [0.3, 0.4) is 0 Å². The number of nitrogens with one attached hydrogen (secondary N) is 2. The van der Waals surface area contributed by atoms with E-state index in [0.717, 1.165) is 6.29 Å². The molecule has 3 rings (SSSR count). The molecule has 0 fully saturated rings. The van der Waals surface area contributed by atoms with E-state index in [1.807, 2.05) is 0 Å². The van der Waals surface area contributed by atoms with E-state index in [4.69, 9.17) is 0 Å². The highest BCUT2D eigenvalue weighted by Crippen LogP contribution is 2.12. The maximum atomic E-state index is 13.1. The van der Waals surface area contributed by atoms with E-state index in [1.165, 1.54) is 12.1 Å². The Hall–Kier alpha value is -2.96. The van der Waals surface area contributed by atoms with Gasteiger partial charge in [0, 0.05) is 32.1 Å². The van der Waals surface area contributed by atoms with Crippen molar-refractivity contribution in [1.29, 1.82) is 0 Å². The van der Waals surface area contributed by atoms with Crippen molar-refractivity contribution in [3.8, 4) is 0 Å². The molecule has 0 aliphatic rings. The van der Waals surface area contributed by atoms with Crippen molar-refractivity contribution >= 4 is 23.2 Å². The van der Waals surface area contributed by atoms with E-state index in [0.29, 0.717) is 48.5 Å². The van der Waals surface area contributed by atoms with Gasteiger partial charge in [0.2, 0.25) is 5.91 Å². The van der Waals surface area contributed by atoms with E-state index in [2.05, 4.69) is 15.3 Å². The second-order valence-electron chi connectivity index (χ2n) is 5.44. The second-order valence-corrected chi connectivity index (χ2v) is 5.44. The monoisotopic (exact) mass is 328 g/mol. The largest absolute Gasteiger partial charge is 0.356 e. The number of nitrogens with zero attached hydrogens (tertiary/aromatic N) is 2. The van der Waals surface area contributed by atoms with Crippen LogP contribution in [-0.4, -0.2) is 33.3 Å². The minimum Gasteiger partial charge on any atom is -0.356 e. The molecule has 24 heavy (non-hydrogen) atoms. The number of halogens is 1. The first-order valence-corrected chi connectivity index (χ1v) is 7.67. The first-order valence-electron chi connectivity index (χ1n) is 7.67. The lowest BCUT2D eigenvalue weighted by molar-refractivity contribution is -0.121. The first kappa shape index (κ1) is 15.9. The summed E-state index contributed by atoms with van der Waals surface area (Å²) in [5, 5.41) is 2.81. The van der Waals surface area contributed by atoms with Gasteiger partial charge >= 0.3 is 0 Å². The van der Waals surface area contributed by atoms with Crippen LogP contribution in [0.4, 0.5) is 4.39 Å². The third-order valence-electron chi connectivity index (χ3n) is 3.74. The quantitative estimate of drug-likeness (QED) is 0.652. The number of amides is 1. The summed E-state index contributed by atoms with van der Waals surface area (Å²) in [6, 6.07) is 7.85. The van der Waals surface area contributed by atoms with E-state index >= 15 is 0 Å². The zero-order chi connectivity index (χ0) is 16.9. The average Bonchev–Trinajstić information content (AvgIpc) is 3.18. The van der Waals surface area contributed by atoms with Crippen molar-refractivity contribution < 1.29 is 14.0 Å². The standard InChI is InChI=1S/C17H17FN4O2/c18-12-3-4-14-15(10-12)21-16(20-14)5-7-19-17(24)6-9-22-8-1-2-13(22)11-23/h1-4,8,10-11H,5-7,9H2,(H,19,24)(H,20,21). The molecule has 2 heterocycles. The number of aromatic nitrogens is 3. The summed E-state index contributed by atoms with van der Waals surface area (Å²) >= 11 is 0. The second kappa shape index (κ2) is 7.08. The number of fused-ring (bicyclic) bond motifs is 1. The van der Waals surface area contributed by atoms with Crippen molar-refractivity contribution in [3.63, 3.8) is 0 Å². The highest BCUT2D eigenvalue weighted by Gasteiger charge is 2.06. The molecule has 2 N–H and O–H groups in total. The van der Waals surface area contributed by atoms with Gasteiger partial charge in [-0.15, -0.1) is 0 Å². The molecule has 0 bridgehead atoms. The van der Waals surface area contributed by atoms with Crippen LogP contribution in [0.15, 0.2) is 36.5 Å². The van der Waals surface area contributed by atoms with E-state index < -0.39 is 0 Å². The van der Waals surface area contributed by atoms with Crippen LogP contribution in [-0.2, 0) is 17.8 Å². The van der Waals surface area contributed by atoms with Gasteiger partial charge in [-0.2, -0.15) is 0 Å². The van der Waals surface area contributed by atoms with Crippen LogP contribution >= 0.6 is 0 Å². The molecule has 0 saturated heterocycles. The highest BCUT2D eigenvalue weighted by atomic mass is 19.1. The van der Waals surface area contributed by atoms with Gasteiger partial charge in [0.15, 0.2) is 6.29 Å². The van der Waals surface area contributed by atoms with Crippen LogP contribution in [0.1, 0.15) is 22.7 Å². The SMILES string of the molecule is O=Cc1cccn1CCC(=O)NCCc1nc2ccc(F)cc2[nH]1. The van der Waals surface area contributed by atoms with E-state index in [9.17, 15) is 14.0 Å². The predicted octanol–water partition coefficient (Wildman–Crippen LogP) is 2.06. The van der Waals surface area contributed by atoms with Gasteiger partial charge in [-0.05, 0) is 30.3 Å². The van der Waals surface area contributed by atoms with Crippen LogP contribution in [0.2, 0.25) is 0 Å². The fourth-order valence-electron chi connectivity index (χ4n) is 2.52. The normalized spacial score (nSPS) is 10.9. The predicted molar refractivity (Wildman–Crippen MR) is 87.2 cm³/mol. The molecule has 0 saturated carbocycles. The number of aryl methyl sites for hydroxylation is 1. The maximum absolute atomic E-state index is 13.1. The zero-order valence-corrected chi connectivity index (χ0v) is 13.0. The number of benzene rings is 1. The Morgan fingerprint density at radius 2 is 2.25 bits per heavy atom. The summed E-state index contributed by atoms with van der Waals surface area (Å²) in [6.07, 6.45) is 3.36. The van der Waals surface area contributed by atoms with Gasteiger partial charge in [-0.25, -0.2) is 9.37 Å². The summed E-state index contributed by atoms with van der Waals surface area (Å²) in [6.45, 7) is 0.893. The first-order chi connectivity index (χ1) is 11.7. The topological polar surface area (TPSA) is 79.8 Å². The van der Waals surface area contributed by atoms with Crippen molar-refractivity contribution in [1.82, 2.24) is 19.9 Å². The number of aldehydes is 1. The molecule has 0 spiro atoms. The molecular weight excluding hydrogens is 311 g/mol. The number of hydrogen-bond donors (Lipinski definition) is 2. The Bertz CT molecular complexity index is 868. The van der Waals surface area contributed by atoms with Crippen molar-refractivity contribution in [3.05, 3.63) is 53.9 Å². The number of rotatable bonds is 7. The summed E-state index contributed by atoms with van der Waals surface area (Å²) in [7, 11) is 0. The Morgan fingerprint density at radius 3 is 3.08 bits per heavy atom. The number of carbonyl (C=O) groups excluding carboxylic acids is 2. The van der Waals surface area contributed by atoms with Crippen molar-refractivity contribution in [2.24, 2.45) is 0 Å². The lowest BCUT2D eigenvalue weighted by Gasteiger charge is -2.06. The Kier molecular flexibility index (Phi) is 4.69. The molecule has 124 valence electrons. The smallest absolute Gasteiger partial charge is 0.221 e. The Balaban J connectivity index is 1.46. The molecule has 1 aromatic carbocycles. The molecule has 0 atom stereocenters. The summed E-state index contributed by atoms with van der Waals surface area (Å²) in [4.78, 5) is 30.0. The van der Waals surface area contributed by atoms with E-state index in [1.54, 1.807) is 29.0 Å². The summed E-state index contributed by atoms with van der Waals surface area (Å²) < 4.78 is 14.9. The lowest BCUT2D eigenvalue weighted by Crippen LogP contribution is -2.26. The van der Waals surface area contributed by atoms with Gasteiger partial charge in [0.05, 0.1) is 16.7 Å². The Morgan fingerprint density at radius 1 is 1.38 bits per heavy atom. The van der Waals surface area contributed by atoms with Crippen LogP contribution in [0.5, 0.6) is 0 Å². The minimum atomic E-state index is -0.314. The molecule has 3 aromatic rings. The van der Waals surface area contributed by atoms with Gasteiger partial charge < -0.3 is 14.9 Å². The Labute approximate surface area is 137 Å². The van der Waals surface area contributed by atoms with Crippen LogP contribution < -0.4 is 5.32 Å². The number of aromatic amines is 1. The fourth-order valence-corrected chi connectivity index (χ4v) is 2.52. The van der Waals surface area contributed by atoms with Crippen molar-refractivity contribution in [2.45, 2.75) is 19.4 Å². The molecular formula is C17H17FN4O2. The number of hydrogen-bond acceptors (Lipinski definition) is 3. The third kappa shape index (κ3) is 3.68. The number of imidazole rings is 1. The van der Waals surface area contributed by atoms with Gasteiger partial charge in [-0.1, -0.05) is 0 Å². The molecule has 1 amide bonds. The molecule has 0 radical (unpaired) electrons. The molecule has 0 unspecified atom stereocenters.